The first-order valence-electron chi connectivity index (χ1n) is 7.48. The molecule has 0 radical (unpaired) electrons. The predicted octanol–water partition coefficient (Wildman–Crippen LogP) is 4.87. The molecular weight excluding hydrogens is 298 g/mol. The van der Waals surface area contributed by atoms with Crippen LogP contribution in [-0.2, 0) is 0 Å². The monoisotopic (exact) mass is 319 g/mol. The van der Waals surface area contributed by atoms with Crippen LogP contribution in [0, 0.1) is 5.92 Å². The molecule has 0 saturated carbocycles. The lowest BCUT2D eigenvalue weighted by molar-refractivity contribution is 0.271. The SMILES string of the molecule is CC(C)COc1cccc(NCCOc2ccc(Cl)cc2)c1. The van der Waals surface area contributed by atoms with Crippen molar-refractivity contribution < 1.29 is 9.47 Å². The Morgan fingerprint density at radius 2 is 1.77 bits per heavy atom. The Morgan fingerprint density at radius 3 is 2.50 bits per heavy atom. The van der Waals surface area contributed by atoms with Gasteiger partial charge in [0.25, 0.3) is 0 Å². The van der Waals surface area contributed by atoms with Gasteiger partial charge in [-0.3, -0.25) is 0 Å². The van der Waals surface area contributed by atoms with Gasteiger partial charge in [-0.1, -0.05) is 31.5 Å². The van der Waals surface area contributed by atoms with Gasteiger partial charge in [-0.25, -0.2) is 0 Å². The Hall–Kier alpha value is -1.87. The van der Waals surface area contributed by atoms with Crippen molar-refractivity contribution in [2.45, 2.75) is 13.8 Å². The van der Waals surface area contributed by atoms with E-state index in [0.29, 0.717) is 17.5 Å². The number of nitrogens with one attached hydrogen (secondary N) is 1. The van der Waals surface area contributed by atoms with E-state index in [4.69, 9.17) is 21.1 Å². The van der Waals surface area contributed by atoms with E-state index in [2.05, 4.69) is 19.2 Å². The molecule has 0 aliphatic heterocycles. The van der Waals surface area contributed by atoms with Gasteiger partial charge in [0.05, 0.1) is 6.61 Å². The maximum absolute atomic E-state index is 5.83. The Bertz CT molecular complexity index is 570. The minimum absolute atomic E-state index is 0.518. The van der Waals surface area contributed by atoms with E-state index in [0.717, 1.165) is 30.3 Å². The second kappa shape index (κ2) is 8.54. The van der Waals surface area contributed by atoms with Gasteiger partial charge >= 0.3 is 0 Å². The van der Waals surface area contributed by atoms with Gasteiger partial charge in [0, 0.05) is 23.3 Å². The summed E-state index contributed by atoms with van der Waals surface area (Å²) in [6, 6.07) is 15.3. The summed E-state index contributed by atoms with van der Waals surface area (Å²) in [4.78, 5) is 0. The van der Waals surface area contributed by atoms with Crippen molar-refractivity contribution in [1.82, 2.24) is 0 Å². The number of rotatable bonds is 8. The minimum Gasteiger partial charge on any atom is -0.493 e. The third kappa shape index (κ3) is 5.86. The van der Waals surface area contributed by atoms with Crippen LogP contribution < -0.4 is 14.8 Å². The van der Waals surface area contributed by atoms with Crippen LogP contribution in [0.4, 0.5) is 5.69 Å². The molecule has 118 valence electrons. The zero-order valence-electron chi connectivity index (χ0n) is 13.0. The number of ether oxygens (including phenoxy) is 2. The maximum Gasteiger partial charge on any atom is 0.121 e. The van der Waals surface area contributed by atoms with Crippen LogP contribution in [-0.4, -0.2) is 19.8 Å². The highest BCUT2D eigenvalue weighted by Gasteiger charge is 1.99. The summed E-state index contributed by atoms with van der Waals surface area (Å²) < 4.78 is 11.4. The Morgan fingerprint density at radius 1 is 1.00 bits per heavy atom. The first kappa shape index (κ1) is 16.5. The summed E-state index contributed by atoms with van der Waals surface area (Å²) in [7, 11) is 0. The third-order valence-electron chi connectivity index (χ3n) is 2.93. The van der Waals surface area contributed by atoms with Crippen molar-refractivity contribution in [3.63, 3.8) is 0 Å². The normalized spacial score (nSPS) is 10.5. The van der Waals surface area contributed by atoms with Crippen molar-refractivity contribution in [3.8, 4) is 11.5 Å². The number of hydrogen-bond acceptors (Lipinski definition) is 3. The fraction of sp³-hybridized carbons (Fsp3) is 0.333. The number of halogens is 1. The van der Waals surface area contributed by atoms with Crippen LogP contribution in [0.25, 0.3) is 0 Å². The molecule has 0 saturated heterocycles. The molecule has 3 nitrogen and oxygen atoms in total. The highest BCUT2D eigenvalue weighted by atomic mass is 35.5. The molecule has 22 heavy (non-hydrogen) atoms. The molecule has 0 fully saturated rings. The van der Waals surface area contributed by atoms with E-state index in [1.807, 2.05) is 48.5 Å². The van der Waals surface area contributed by atoms with Gasteiger partial charge in [0.15, 0.2) is 0 Å². The van der Waals surface area contributed by atoms with Gasteiger partial charge < -0.3 is 14.8 Å². The largest absolute Gasteiger partial charge is 0.493 e. The zero-order valence-corrected chi connectivity index (χ0v) is 13.8. The van der Waals surface area contributed by atoms with Crippen molar-refractivity contribution in [1.29, 1.82) is 0 Å². The molecule has 0 bridgehead atoms. The first-order chi connectivity index (χ1) is 10.6. The van der Waals surface area contributed by atoms with E-state index in [1.54, 1.807) is 0 Å². The van der Waals surface area contributed by atoms with Crippen LogP contribution in [0.5, 0.6) is 11.5 Å². The molecule has 1 N–H and O–H groups in total. The molecule has 2 rings (SSSR count). The summed E-state index contributed by atoms with van der Waals surface area (Å²) in [5.41, 5.74) is 1.03. The summed E-state index contributed by atoms with van der Waals surface area (Å²) in [6.07, 6.45) is 0. The van der Waals surface area contributed by atoms with Crippen molar-refractivity contribution in [2.24, 2.45) is 5.92 Å². The molecule has 0 aromatic heterocycles. The van der Waals surface area contributed by atoms with Gasteiger partial charge in [0.2, 0.25) is 0 Å². The highest BCUT2D eigenvalue weighted by molar-refractivity contribution is 6.30. The topological polar surface area (TPSA) is 30.5 Å². The zero-order chi connectivity index (χ0) is 15.8. The molecule has 4 heteroatoms. The lowest BCUT2D eigenvalue weighted by Gasteiger charge is -2.12. The van der Waals surface area contributed by atoms with Gasteiger partial charge in [-0.05, 0) is 42.3 Å². The molecule has 0 aliphatic rings. The van der Waals surface area contributed by atoms with E-state index < -0.39 is 0 Å². The van der Waals surface area contributed by atoms with Gasteiger partial charge in [0.1, 0.15) is 18.1 Å². The van der Waals surface area contributed by atoms with E-state index >= 15 is 0 Å². The quantitative estimate of drug-likeness (QED) is 0.704. The molecular formula is C18H22ClNO2. The van der Waals surface area contributed by atoms with E-state index in [9.17, 15) is 0 Å². The van der Waals surface area contributed by atoms with Crippen molar-refractivity contribution >= 4 is 17.3 Å². The fourth-order valence-corrected chi connectivity index (χ4v) is 1.98. The molecule has 2 aromatic carbocycles. The standard InChI is InChI=1S/C18H22ClNO2/c1-14(2)13-22-18-5-3-4-16(12-18)20-10-11-21-17-8-6-15(19)7-9-17/h3-9,12,14,20H,10-11,13H2,1-2H3. The van der Waals surface area contributed by atoms with Gasteiger partial charge in [-0.2, -0.15) is 0 Å². The Labute approximate surface area is 137 Å². The summed E-state index contributed by atoms with van der Waals surface area (Å²) >= 11 is 5.83. The summed E-state index contributed by atoms with van der Waals surface area (Å²) in [5.74, 6) is 2.22. The minimum atomic E-state index is 0.518. The lowest BCUT2D eigenvalue weighted by atomic mass is 10.2. The average Bonchev–Trinajstić information content (AvgIpc) is 2.52. The fourth-order valence-electron chi connectivity index (χ4n) is 1.85. The second-order valence-electron chi connectivity index (χ2n) is 5.46. The summed E-state index contributed by atoms with van der Waals surface area (Å²) in [5, 5.41) is 4.03. The van der Waals surface area contributed by atoms with Crippen LogP contribution in [0.15, 0.2) is 48.5 Å². The highest BCUT2D eigenvalue weighted by Crippen LogP contribution is 2.18. The van der Waals surface area contributed by atoms with Crippen LogP contribution in [0.2, 0.25) is 5.02 Å². The smallest absolute Gasteiger partial charge is 0.121 e. The van der Waals surface area contributed by atoms with E-state index in [-0.39, 0.29) is 0 Å². The number of hydrogen-bond donors (Lipinski definition) is 1. The molecule has 0 unspecified atom stereocenters. The molecule has 0 atom stereocenters. The summed E-state index contributed by atoms with van der Waals surface area (Å²) in [6.45, 7) is 6.30. The number of anilines is 1. The van der Waals surface area contributed by atoms with Crippen molar-refractivity contribution in [3.05, 3.63) is 53.6 Å². The Kier molecular flexibility index (Phi) is 6.41. The number of benzene rings is 2. The van der Waals surface area contributed by atoms with Crippen LogP contribution in [0.1, 0.15) is 13.8 Å². The average molecular weight is 320 g/mol. The van der Waals surface area contributed by atoms with Gasteiger partial charge in [-0.15, -0.1) is 0 Å². The predicted molar refractivity (Wildman–Crippen MR) is 92.2 cm³/mol. The van der Waals surface area contributed by atoms with E-state index in [1.165, 1.54) is 0 Å². The third-order valence-corrected chi connectivity index (χ3v) is 3.18. The molecule has 0 spiro atoms. The molecule has 0 amide bonds. The Balaban J connectivity index is 1.74. The van der Waals surface area contributed by atoms with Crippen LogP contribution >= 0.6 is 11.6 Å². The molecule has 0 aliphatic carbocycles. The molecule has 0 heterocycles. The second-order valence-corrected chi connectivity index (χ2v) is 5.90. The molecule has 2 aromatic rings. The van der Waals surface area contributed by atoms with Crippen molar-refractivity contribution in [2.75, 3.05) is 25.1 Å². The first-order valence-corrected chi connectivity index (χ1v) is 7.86. The maximum atomic E-state index is 5.83. The van der Waals surface area contributed by atoms with Crippen LogP contribution in [0.3, 0.4) is 0 Å². The lowest BCUT2D eigenvalue weighted by Crippen LogP contribution is -2.11.